The molecule has 1 unspecified atom stereocenters. The van der Waals surface area contributed by atoms with E-state index in [1.165, 1.54) is 4.90 Å². The third kappa shape index (κ3) is 5.56. The van der Waals surface area contributed by atoms with Crippen LogP contribution in [0.15, 0.2) is 0 Å². The summed E-state index contributed by atoms with van der Waals surface area (Å²) >= 11 is 0. The van der Waals surface area contributed by atoms with Gasteiger partial charge < -0.3 is 15.3 Å². The van der Waals surface area contributed by atoms with E-state index in [1.54, 1.807) is 0 Å². The minimum absolute atomic E-state index is 0.1000. The maximum Gasteiger partial charge on any atom is 0.323 e. The van der Waals surface area contributed by atoms with Gasteiger partial charge in [0.05, 0.1) is 0 Å². The van der Waals surface area contributed by atoms with Gasteiger partial charge >= 0.3 is 12.0 Å². The summed E-state index contributed by atoms with van der Waals surface area (Å²) in [6, 6.07) is -0.150. The molecular formula is C12H22N2O3. The first-order valence-electron chi connectivity index (χ1n) is 6.30. The van der Waals surface area contributed by atoms with Crippen LogP contribution in [0.2, 0.25) is 0 Å². The minimum Gasteiger partial charge on any atom is -0.480 e. The molecule has 0 aromatic carbocycles. The number of urea groups is 1. The highest BCUT2D eigenvalue weighted by Gasteiger charge is 2.28. The van der Waals surface area contributed by atoms with Crippen LogP contribution < -0.4 is 5.32 Å². The Morgan fingerprint density at radius 1 is 1.47 bits per heavy atom. The normalized spacial score (nSPS) is 16.4. The van der Waals surface area contributed by atoms with Crippen LogP contribution in [0.4, 0.5) is 4.79 Å². The zero-order valence-corrected chi connectivity index (χ0v) is 10.6. The third-order valence-electron chi connectivity index (χ3n) is 2.88. The van der Waals surface area contributed by atoms with Crippen LogP contribution >= 0.6 is 0 Å². The fourth-order valence-electron chi connectivity index (χ4n) is 1.80. The van der Waals surface area contributed by atoms with Gasteiger partial charge in [0.1, 0.15) is 6.54 Å². The van der Waals surface area contributed by atoms with Gasteiger partial charge in [0.2, 0.25) is 0 Å². The van der Waals surface area contributed by atoms with Crippen molar-refractivity contribution in [3.8, 4) is 0 Å². The summed E-state index contributed by atoms with van der Waals surface area (Å²) in [5.41, 5.74) is 0. The largest absolute Gasteiger partial charge is 0.480 e. The van der Waals surface area contributed by atoms with Crippen molar-refractivity contribution in [2.45, 2.75) is 45.6 Å². The first kappa shape index (κ1) is 13.8. The number of hydrogen-bond donors (Lipinski definition) is 2. The van der Waals surface area contributed by atoms with Crippen molar-refractivity contribution in [1.82, 2.24) is 10.2 Å². The van der Waals surface area contributed by atoms with Crippen LogP contribution in [0.1, 0.15) is 39.5 Å². The summed E-state index contributed by atoms with van der Waals surface area (Å²) in [5, 5.41) is 11.6. The van der Waals surface area contributed by atoms with E-state index in [1.807, 2.05) is 6.92 Å². The van der Waals surface area contributed by atoms with Crippen molar-refractivity contribution in [3.63, 3.8) is 0 Å². The molecule has 2 amide bonds. The smallest absolute Gasteiger partial charge is 0.323 e. The molecule has 0 aliphatic heterocycles. The number of hydrogen-bond acceptors (Lipinski definition) is 2. The first-order chi connectivity index (χ1) is 8.02. The van der Waals surface area contributed by atoms with E-state index in [0.717, 1.165) is 25.7 Å². The van der Waals surface area contributed by atoms with Gasteiger partial charge in [0.25, 0.3) is 0 Å². The lowest BCUT2D eigenvalue weighted by Crippen LogP contribution is -2.46. The number of carbonyl (C=O) groups is 2. The molecule has 1 aliphatic rings. The van der Waals surface area contributed by atoms with E-state index >= 15 is 0 Å². The van der Waals surface area contributed by atoms with Crippen LogP contribution in [0, 0.1) is 5.92 Å². The summed E-state index contributed by atoms with van der Waals surface area (Å²) in [6.07, 6.45) is 4.13. The summed E-state index contributed by atoms with van der Waals surface area (Å²) in [4.78, 5) is 24.0. The van der Waals surface area contributed by atoms with Crippen molar-refractivity contribution in [2.75, 3.05) is 13.1 Å². The summed E-state index contributed by atoms with van der Waals surface area (Å²) in [6.45, 7) is 4.36. The number of carboxylic acids is 1. The minimum atomic E-state index is -0.955. The predicted octanol–water partition coefficient (Wildman–Crippen LogP) is 1.68. The monoisotopic (exact) mass is 242 g/mol. The van der Waals surface area contributed by atoms with Crippen LogP contribution in [-0.2, 0) is 4.79 Å². The lowest BCUT2D eigenvalue weighted by Gasteiger charge is -2.23. The number of carboxylic acid groups (broad SMARTS) is 1. The molecule has 1 saturated carbocycles. The van der Waals surface area contributed by atoms with Crippen LogP contribution in [0.3, 0.4) is 0 Å². The maximum atomic E-state index is 11.9. The van der Waals surface area contributed by atoms with Gasteiger partial charge in [-0.1, -0.05) is 13.3 Å². The van der Waals surface area contributed by atoms with E-state index in [9.17, 15) is 9.59 Å². The summed E-state index contributed by atoms with van der Waals surface area (Å²) < 4.78 is 0. The number of nitrogens with zero attached hydrogens (tertiary/aromatic N) is 1. The average Bonchev–Trinajstić information content (AvgIpc) is 3.00. The molecule has 2 N–H and O–H groups in total. The van der Waals surface area contributed by atoms with Gasteiger partial charge in [0.15, 0.2) is 0 Å². The third-order valence-corrected chi connectivity index (χ3v) is 2.88. The maximum absolute atomic E-state index is 11.9. The van der Waals surface area contributed by atoms with Gasteiger partial charge in [-0.05, 0) is 32.1 Å². The van der Waals surface area contributed by atoms with Gasteiger partial charge in [0, 0.05) is 12.6 Å². The van der Waals surface area contributed by atoms with Crippen LogP contribution in [0.5, 0.6) is 0 Å². The van der Waals surface area contributed by atoms with Gasteiger partial charge in [-0.2, -0.15) is 0 Å². The topological polar surface area (TPSA) is 69.6 Å². The molecule has 5 heteroatoms. The average molecular weight is 242 g/mol. The molecule has 0 saturated heterocycles. The summed E-state index contributed by atoms with van der Waals surface area (Å²) in [5.74, 6) is -0.453. The van der Waals surface area contributed by atoms with Crippen LogP contribution in [0.25, 0.3) is 0 Å². The van der Waals surface area contributed by atoms with Crippen molar-refractivity contribution in [2.24, 2.45) is 5.92 Å². The SMILES string of the molecule is CCCC(C)NC(=O)N(CC(=O)O)CC1CC1. The van der Waals surface area contributed by atoms with Crippen molar-refractivity contribution >= 4 is 12.0 Å². The predicted molar refractivity (Wildman–Crippen MR) is 64.8 cm³/mol. The molecular weight excluding hydrogens is 220 g/mol. The van der Waals surface area contributed by atoms with E-state index in [-0.39, 0.29) is 18.6 Å². The second-order valence-electron chi connectivity index (χ2n) is 4.86. The molecule has 0 radical (unpaired) electrons. The Balaban J connectivity index is 2.42. The fraction of sp³-hybridized carbons (Fsp3) is 0.833. The molecule has 5 nitrogen and oxygen atoms in total. The molecule has 0 spiro atoms. The zero-order chi connectivity index (χ0) is 12.8. The molecule has 0 aromatic heterocycles. The molecule has 0 heterocycles. The highest BCUT2D eigenvalue weighted by atomic mass is 16.4. The molecule has 98 valence electrons. The molecule has 0 aromatic rings. The number of nitrogens with one attached hydrogen (secondary N) is 1. The Morgan fingerprint density at radius 2 is 2.12 bits per heavy atom. The van der Waals surface area contributed by atoms with Gasteiger partial charge in [-0.3, -0.25) is 4.79 Å². The van der Waals surface area contributed by atoms with E-state index in [4.69, 9.17) is 5.11 Å². The lowest BCUT2D eigenvalue weighted by atomic mass is 10.2. The van der Waals surface area contributed by atoms with Crippen molar-refractivity contribution < 1.29 is 14.7 Å². The zero-order valence-electron chi connectivity index (χ0n) is 10.6. The molecule has 1 atom stereocenters. The Morgan fingerprint density at radius 3 is 2.59 bits per heavy atom. The van der Waals surface area contributed by atoms with E-state index in [0.29, 0.717) is 12.5 Å². The number of rotatable bonds is 7. The highest BCUT2D eigenvalue weighted by molar-refractivity contribution is 5.80. The van der Waals surface area contributed by atoms with Crippen molar-refractivity contribution in [1.29, 1.82) is 0 Å². The quantitative estimate of drug-likeness (QED) is 0.713. The second-order valence-corrected chi connectivity index (χ2v) is 4.86. The van der Waals surface area contributed by atoms with E-state index in [2.05, 4.69) is 12.2 Å². The van der Waals surface area contributed by atoms with Gasteiger partial charge in [-0.15, -0.1) is 0 Å². The molecule has 17 heavy (non-hydrogen) atoms. The summed E-state index contributed by atoms with van der Waals surface area (Å²) in [7, 11) is 0. The molecule has 1 rings (SSSR count). The Kier molecular flexibility index (Phi) is 5.25. The standard InChI is InChI=1S/C12H22N2O3/c1-3-4-9(2)13-12(17)14(8-11(15)16)7-10-5-6-10/h9-10H,3-8H2,1-2H3,(H,13,17)(H,15,16). The lowest BCUT2D eigenvalue weighted by molar-refractivity contribution is -0.137. The number of amides is 2. The van der Waals surface area contributed by atoms with Gasteiger partial charge in [-0.25, -0.2) is 4.79 Å². The first-order valence-corrected chi connectivity index (χ1v) is 6.30. The molecule has 1 aliphatic carbocycles. The van der Waals surface area contributed by atoms with E-state index < -0.39 is 5.97 Å². The van der Waals surface area contributed by atoms with Crippen molar-refractivity contribution in [3.05, 3.63) is 0 Å². The molecule has 1 fully saturated rings. The Labute approximate surface area is 102 Å². The second kappa shape index (κ2) is 6.47. The Hall–Kier alpha value is -1.26. The number of aliphatic carboxylic acids is 1. The molecule has 0 bridgehead atoms. The number of carbonyl (C=O) groups excluding carboxylic acids is 1. The van der Waals surface area contributed by atoms with Crippen LogP contribution in [-0.4, -0.2) is 41.1 Å². The Bertz CT molecular complexity index is 277. The highest BCUT2D eigenvalue weighted by Crippen LogP contribution is 2.29. The fourth-order valence-corrected chi connectivity index (χ4v) is 1.80.